The minimum Gasteiger partial charge on any atom is -0.381 e. The molecule has 1 heterocycles. The first kappa shape index (κ1) is 14.0. The summed E-state index contributed by atoms with van der Waals surface area (Å²) in [6.45, 7) is 1.71. The van der Waals surface area contributed by atoms with Gasteiger partial charge in [0.25, 0.3) is 0 Å². The Morgan fingerprint density at radius 2 is 1.75 bits per heavy atom. The van der Waals surface area contributed by atoms with Crippen LogP contribution in [0.5, 0.6) is 0 Å². The molecule has 0 aliphatic carbocycles. The zero-order valence-electron chi connectivity index (χ0n) is 9.06. The number of ether oxygens (including phenoxy) is 1. The van der Waals surface area contributed by atoms with Crippen LogP contribution in [-0.2, 0) is 4.74 Å². The molecule has 1 aliphatic rings. The van der Waals surface area contributed by atoms with Gasteiger partial charge in [0.05, 0.1) is 0 Å². The summed E-state index contributed by atoms with van der Waals surface area (Å²) in [7, 11) is 0. The number of hydrogen-bond acceptors (Lipinski definition) is 2. The number of nitrogens with two attached hydrogens (primary N) is 1. The molecule has 1 atom stereocenters. The molecule has 1 aromatic carbocycles. The topological polar surface area (TPSA) is 35.2 Å². The average molecular weight is 307 g/mol. The summed E-state index contributed by atoms with van der Waals surface area (Å²) in [5.41, 5.74) is 7.48. The standard InChI is InChI=1S/C12H16BrNO.ClH/c13-11-3-1-9(2-4-11)12(14)10-5-7-15-8-6-10;/h1-4,10,12H,5-8,14H2;1H/t12-;/m0./s1. The Kier molecular flexibility index (Phi) is 5.76. The van der Waals surface area contributed by atoms with Gasteiger partial charge in [-0.05, 0) is 36.5 Å². The minimum absolute atomic E-state index is 0. The van der Waals surface area contributed by atoms with Crippen molar-refractivity contribution in [3.63, 3.8) is 0 Å². The maximum atomic E-state index is 6.25. The predicted molar refractivity (Wildman–Crippen MR) is 71.9 cm³/mol. The average Bonchev–Trinajstić information content (AvgIpc) is 2.30. The molecular formula is C12H17BrClNO. The lowest BCUT2D eigenvalue weighted by molar-refractivity contribution is 0.0584. The second-order valence-corrected chi connectivity index (χ2v) is 4.94. The third kappa shape index (κ3) is 3.45. The van der Waals surface area contributed by atoms with Crippen LogP contribution in [0.2, 0.25) is 0 Å². The number of rotatable bonds is 2. The molecule has 4 heteroatoms. The second kappa shape index (κ2) is 6.60. The molecule has 1 fully saturated rings. The highest BCUT2D eigenvalue weighted by Gasteiger charge is 2.21. The molecule has 16 heavy (non-hydrogen) atoms. The highest BCUT2D eigenvalue weighted by atomic mass is 79.9. The highest BCUT2D eigenvalue weighted by molar-refractivity contribution is 9.10. The molecule has 90 valence electrons. The van der Waals surface area contributed by atoms with Crippen LogP contribution in [0.1, 0.15) is 24.4 Å². The van der Waals surface area contributed by atoms with Crippen molar-refractivity contribution in [3.8, 4) is 0 Å². The summed E-state index contributed by atoms with van der Waals surface area (Å²) >= 11 is 3.43. The van der Waals surface area contributed by atoms with Gasteiger partial charge >= 0.3 is 0 Å². The smallest absolute Gasteiger partial charge is 0.0469 e. The van der Waals surface area contributed by atoms with E-state index in [1.54, 1.807) is 0 Å². The number of benzene rings is 1. The monoisotopic (exact) mass is 305 g/mol. The Morgan fingerprint density at radius 3 is 2.31 bits per heavy atom. The van der Waals surface area contributed by atoms with E-state index in [1.165, 1.54) is 5.56 Å². The first-order valence-corrected chi connectivity index (χ1v) is 6.15. The molecule has 1 aliphatic heterocycles. The maximum Gasteiger partial charge on any atom is 0.0469 e. The van der Waals surface area contributed by atoms with Crippen molar-refractivity contribution < 1.29 is 4.74 Å². The lowest BCUT2D eigenvalue weighted by atomic mass is 9.88. The lowest BCUT2D eigenvalue weighted by Crippen LogP contribution is -2.27. The van der Waals surface area contributed by atoms with Crippen molar-refractivity contribution >= 4 is 28.3 Å². The van der Waals surface area contributed by atoms with Crippen LogP contribution in [0.15, 0.2) is 28.7 Å². The Hall–Kier alpha value is -0.0900. The van der Waals surface area contributed by atoms with Gasteiger partial charge in [0.15, 0.2) is 0 Å². The molecule has 0 bridgehead atoms. The van der Waals surface area contributed by atoms with Gasteiger partial charge in [-0.2, -0.15) is 0 Å². The molecule has 0 unspecified atom stereocenters. The Balaban J connectivity index is 0.00000128. The molecule has 2 rings (SSSR count). The van der Waals surface area contributed by atoms with E-state index in [-0.39, 0.29) is 18.4 Å². The minimum atomic E-state index is 0. The molecule has 0 amide bonds. The van der Waals surface area contributed by atoms with Gasteiger partial charge in [-0.1, -0.05) is 28.1 Å². The lowest BCUT2D eigenvalue weighted by Gasteiger charge is -2.27. The zero-order chi connectivity index (χ0) is 10.7. The van der Waals surface area contributed by atoms with E-state index >= 15 is 0 Å². The summed E-state index contributed by atoms with van der Waals surface area (Å²) < 4.78 is 6.44. The van der Waals surface area contributed by atoms with Crippen LogP contribution < -0.4 is 5.73 Å². The van der Waals surface area contributed by atoms with Crippen molar-refractivity contribution in [3.05, 3.63) is 34.3 Å². The molecule has 0 radical (unpaired) electrons. The SMILES string of the molecule is Cl.N[C@@H](c1ccc(Br)cc1)C1CCOCC1. The van der Waals surface area contributed by atoms with Gasteiger partial charge in [0.1, 0.15) is 0 Å². The molecule has 0 saturated carbocycles. The molecule has 0 aromatic heterocycles. The molecule has 1 aromatic rings. The summed E-state index contributed by atoms with van der Waals surface area (Å²) in [4.78, 5) is 0. The second-order valence-electron chi connectivity index (χ2n) is 4.03. The first-order valence-electron chi connectivity index (χ1n) is 5.36. The van der Waals surface area contributed by atoms with Crippen molar-refractivity contribution in [1.29, 1.82) is 0 Å². The van der Waals surface area contributed by atoms with E-state index in [4.69, 9.17) is 10.5 Å². The largest absolute Gasteiger partial charge is 0.381 e. The van der Waals surface area contributed by atoms with Crippen LogP contribution in [0.25, 0.3) is 0 Å². The van der Waals surface area contributed by atoms with E-state index in [0.29, 0.717) is 5.92 Å². The van der Waals surface area contributed by atoms with E-state index in [9.17, 15) is 0 Å². The van der Waals surface area contributed by atoms with E-state index in [1.807, 2.05) is 0 Å². The fourth-order valence-electron chi connectivity index (χ4n) is 2.03. The van der Waals surface area contributed by atoms with Crippen LogP contribution in [0.4, 0.5) is 0 Å². The van der Waals surface area contributed by atoms with Gasteiger partial charge in [-0.15, -0.1) is 12.4 Å². The fraction of sp³-hybridized carbons (Fsp3) is 0.500. The molecule has 0 spiro atoms. The van der Waals surface area contributed by atoms with E-state index in [2.05, 4.69) is 40.2 Å². The summed E-state index contributed by atoms with van der Waals surface area (Å²) in [5.74, 6) is 0.569. The molecular weight excluding hydrogens is 289 g/mol. The Bertz CT molecular complexity index is 311. The van der Waals surface area contributed by atoms with Crippen LogP contribution in [0.3, 0.4) is 0 Å². The quantitative estimate of drug-likeness (QED) is 0.910. The van der Waals surface area contributed by atoms with Crippen molar-refractivity contribution in [2.75, 3.05) is 13.2 Å². The van der Waals surface area contributed by atoms with E-state index < -0.39 is 0 Å². The van der Waals surface area contributed by atoms with Gasteiger partial charge in [0.2, 0.25) is 0 Å². The summed E-state index contributed by atoms with van der Waals surface area (Å²) in [6, 6.07) is 8.46. The van der Waals surface area contributed by atoms with Crippen molar-refractivity contribution in [2.24, 2.45) is 11.7 Å². The summed E-state index contributed by atoms with van der Waals surface area (Å²) in [5, 5.41) is 0. The van der Waals surface area contributed by atoms with Crippen LogP contribution in [0, 0.1) is 5.92 Å². The number of hydrogen-bond donors (Lipinski definition) is 1. The maximum absolute atomic E-state index is 6.25. The van der Waals surface area contributed by atoms with Crippen molar-refractivity contribution in [1.82, 2.24) is 0 Å². The van der Waals surface area contributed by atoms with Crippen LogP contribution in [-0.4, -0.2) is 13.2 Å². The summed E-state index contributed by atoms with van der Waals surface area (Å²) in [6.07, 6.45) is 2.16. The Labute approximate surface area is 111 Å². The van der Waals surface area contributed by atoms with E-state index in [0.717, 1.165) is 30.5 Å². The molecule has 1 saturated heterocycles. The number of halogens is 2. The van der Waals surface area contributed by atoms with Gasteiger partial charge in [-0.3, -0.25) is 0 Å². The van der Waals surface area contributed by atoms with Gasteiger partial charge in [-0.25, -0.2) is 0 Å². The van der Waals surface area contributed by atoms with Crippen molar-refractivity contribution in [2.45, 2.75) is 18.9 Å². The fourth-order valence-corrected chi connectivity index (χ4v) is 2.30. The third-order valence-corrected chi connectivity index (χ3v) is 3.56. The molecule has 2 nitrogen and oxygen atoms in total. The molecule has 2 N–H and O–H groups in total. The predicted octanol–water partition coefficient (Wildman–Crippen LogP) is 3.30. The highest BCUT2D eigenvalue weighted by Crippen LogP contribution is 2.28. The van der Waals surface area contributed by atoms with Crippen LogP contribution >= 0.6 is 28.3 Å². The normalized spacial score (nSPS) is 18.9. The van der Waals surface area contributed by atoms with Gasteiger partial charge < -0.3 is 10.5 Å². The third-order valence-electron chi connectivity index (χ3n) is 3.03. The first-order chi connectivity index (χ1) is 7.27. The zero-order valence-corrected chi connectivity index (χ0v) is 11.5. The Morgan fingerprint density at radius 1 is 1.19 bits per heavy atom. The van der Waals surface area contributed by atoms with Gasteiger partial charge in [0, 0.05) is 23.7 Å².